The van der Waals surface area contributed by atoms with Crippen molar-refractivity contribution in [1.29, 1.82) is 0 Å². The van der Waals surface area contributed by atoms with E-state index in [9.17, 15) is 9.70 Å². The fraction of sp³-hybridized carbons (Fsp3) is 0.429. The minimum atomic E-state index is -0.545. The Morgan fingerprint density at radius 1 is 1.47 bits per heavy atom. The van der Waals surface area contributed by atoms with Crippen LogP contribution in [0.5, 0.6) is 0 Å². The van der Waals surface area contributed by atoms with Crippen LogP contribution < -0.4 is 16.2 Å². The molecule has 0 amide bonds. The maximum atomic E-state index is 11.5. The van der Waals surface area contributed by atoms with Crippen molar-refractivity contribution in [3.63, 3.8) is 0 Å². The summed E-state index contributed by atoms with van der Waals surface area (Å²) in [6.45, 7) is 0. The summed E-state index contributed by atoms with van der Waals surface area (Å²) in [5.74, 6) is 0.228. The molecule has 0 radical (unpaired) electrons. The van der Waals surface area contributed by atoms with E-state index in [0.717, 1.165) is 0 Å². The molecule has 1 aromatic heterocycles. The molecule has 1 heterocycles. The van der Waals surface area contributed by atoms with Crippen molar-refractivity contribution in [3.05, 3.63) is 15.3 Å². The van der Waals surface area contributed by atoms with Gasteiger partial charge in [-0.05, 0) is 5.18 Å². The highest BCUT2D eigenvalue weighted by Gasteiger charge is 2.13. The summed E-state index contributed by atoms with van der Waals surface area (Å²) < 4.78 is 1.22. The van der Waals surface area contributed by atoms with Gasteiger partial charge in [-0.3, -0.25) is 9.36 Å². The van der Waals surface area contributed by atoms with Gasteiger partial charge in [-0.2, -0.15) is 4.98 Å². The van der Waals surface area contributed by atoms with Crippen LogP contribution >= 0.6 is 0 Å². The summed E-state index contributed by atoms with van der Waals surface area (Å²) >= 11 is 0. The van der Waals surface area contributed by atoms with Crippen molar-refractivity contribution in [2.45, 2.75) is 0 Å². The van der Waals surface area contributed by atoms with E-state index in [2.05, 4.69) is 10.2 Å². The highest BCUT2D eigenvalue weighted by atomic mass is 16.3. The first-order chi connectivity index (χ1) is 6.49. The molecule has 8 nitrogen and oxygen atoms in total. The Balaban J connectivity index is 0.00000196. The van der Waals surface area contributed by atoms with Gasteiger partial charge in [-0.1, -0.05) is 0 Å². The molecule has 8 heteroatoms. The van der Waals surface area contributed by atoms with Crippen LogP contribution in [-0.4, -0.2) is 29.1 Å². The zero-order valence-corrected chi connectivity index (χ0v) is 8.68. The number of nitroso groups, excluding NO2 is 1. The number of hydrogen-bond acceptors (Lipinski definition) is 6. The van der Waals surface area contributed by atoms with Crippen LogP contribution in [0.2, 0.25) is 0 Å². The third kappa shape index (κ3) is 2.10. The predicted octanol–water partition coefficient (Wildman–Crippen LogP) is -0.998. The zero-order valence-electron chi connectivity index (χ0n) is 8.68. The highest BCUT2D eigenvalue weighted by Crippen LogP contribution is 2.16. The minimum absolute atomic E-state index is 0. The van der Waals surface area contributed by atoms with Gasteiger partial charge < -0.3 is 16.1 Å². The van der Waals surface area contributed by atoms with Crippen LogP contribution in [0.15, 0.2) is 9.97 Å². The average molecular weight is 215 g/mol. The molecule has 15 heavy (non-hydrogen) atoms. The van der Waals surface area contributed by atoms with E-state index < -0.39 is 5.56 Å². The molecular formula is C7H13N5O3. The average Bonchev–Trinajstić information content (AvgIpc) is 2.12. The fourth-order valence-electron chi connectivity index (χ4n) is 1.08. The first kappa shape index (κ1) is 13.0. The lowest BCUT2D eigenvalue weighted by molar-refractivity contribution is 0.798. The molecule has 0 aliphatic rings. The maximum Gasteiger partial charge on any atom is 0.286 e. The lowest BCUT2D eigenvalue weighted by Gasteiger charge is -2.15. The predicted molar refractivity (Wildman–Crippen MR) is 57.3 cm³/mol. The van der Waals surface area contributed by atoms with Crippen LogP contribution in [0, 0.1) is 4.91 Å². The number of nitrogens with zero attached hydrogens (tertiary/aromatic N) is 4. The van der Waals surface area contributed by atoms with Gasteiger partial charge in [-0.15, -0.1) is 4.91 Å². The minimum Gasteiger partial charge on any atom is -0.412 e. The van der Waals surface area contributed by atoms with Gasteiger partial charge in [0.1, 0.15) is 0 Å². The summed E-state index contributed by atoms with van der Waals surface area (Å²) in [5.41, 5.74) is 4.50. The Morgan fingerprint density at radius 3 is 2.40 bits per heavy atom. The largest absolute Gasteiger partial charge is 0.412 e. The second-order valence-corrected chi connectivity index (χ2v) is 3.00. The van der Waals surface area contributed by atoms with Crippen LogP contribution in [-0.2, 0) is 7.05 Å². The molecule has 0 aromatic carbocycles. The van der Waals surface area contributed by atoms with Gasteiger partial charge in [0.25, 0.3) is 5.56 Å². The molecule has 4 N–H and O–H groups in total. The van der Waals surface area contributed by atoms with Crippen molar-refractivity contribution in [2.24, 2.45) is 12.2 Å². The number of anilines is 2. The number of rotatable bonds is 2. The molecule has 0 unspecified atom stereocenters. The molecule has 0 saturated carbocycles. The first-order valence-corrected chi connectivity index (χ1v) is 3.86. The Labute approximate surface area is 85.6 Å². The molecule has 1 rings (SSSR count). The Hall–Kier alpha value is -1.96. The summed E-state index contributed by atoms with van der Waals surface area (Å²) in [4.78, 5) is 27.2. The van der Waals surface area contributed by atoms with Crippen molar-refractivity contribution in [3.8, 4) is 0 Å². The number of nitrogen functional groups attached to an aromatic ring is 1. The third-order valence-electron chi connectivity index (χ3n) is 1.76. The molecule has 0 saturated heterocycles. The monoisotopic (exact) mass is 215 g/mol. The van der Waals surface area contributed by atoms with Crippen molar-refractivity contribution in [2.75, 3.05) is 24.7 Å². The Kier molecular flexibility index (Phi) is 3.92. The van der Waals surface area contributed by atoms with E-state index in [1.807, 2.05) is 0 Å². The van der Waals surface area contributed by atoms with Crippen molar-refractivity contribution in [1.82, 2.24) is 9.55 Å². The van der Waals surface area contributed by atoms with Gasteiger partial charge in [0, 0.05) is 21.1 Å². The lowest BCUT2D eigenvalue weighted by atomic mass is 10.4. The highest BCUT2D eigenvalue weighted by molar-refractivity contribution is 5.58. The SMILES string of the molecule is CN(C)c1nc(N)c(N=O)c(=O)n1C.O. The van der Waals surface area contributed by atoms with E-state index in [4.69, 9.17) is 5.73 Å². The molecule has 0 fully saturated rings. The molecule has 0 aliphatic carbocycles. The fourth-order valence-corrected chi connectivity index (χ4v) is 1.08. The van der Waals surface area contributed by atoms with Crippen molar-refractivity contribution < 1.29 is 5.48 Å². The Bertz CT molecular complexity index is 425. The molecule has 1 aromatic rings. The lowest BCUT2D eigenvalue weighted by Crippen LogP contribution is -2.26. The zero-order chi connectivity index (χ0) is 10.9. The number of aromatic nitrogens is 2. The normalized spacial score (nSPS) is 9.27. The Morgan fingerprint density at radius 2 is 2.00 bits per heavy atom. The number of hydrogen-bond donors (Lipinski definition) is 1. The van der Waals surface area contributed by atoms with Crippen LogP contribution in [0.3, 0.4) is 0 Å². The van der Waals surface area contributed by atoms with Gasteiger partial charge in [0.2, 0.25) is 11.6 Å². The second kappa shape index (κ2) is 4.51. The van der Waals surface area contributed by atoms with Gasteiger partial charge in [0.15, 0.2) is 5.82 Å². The molecule has 0 atom stereocenters. The molecule has 0 spiro atoms. The van der Waals surface area contributed by atoms with E-state index >= 15 is 0 Å². The summed E-state index contributed by atoms with van der Waals surface area (Å²) in [7, 11) is 4.93. The third-order valence-corrected chi connectivity index (χ3v) is 1.76. The quantitative estimate of drug-likeness (QED) is 0.633. The van der Waals surface area contributed by atoms with E-state index in [-0.39, 0.29) is 17.0 Å². The topological polar surface area (TPSA) is 125 Å². The molecular weight excluding hydrogens is 202 g/mol. The second-order valence-electron chi connectivity index (χ2n) is 3.00. The van der Waals surface area contributed by atoms with Gasteiger partial charge in [-0.25, -0.2) is 0 Å². The summed E-state index contributed by atoms with van der Waals surface area (Å²) in [5, 5.41) is 2.54. The van der Waals surface area contributed by atoms with Crippen LogP contribution in [0.25, 0.3) is 0 Å². The van der Waals surface area contributed by atoms with Crippen molar-refractivity contribution >= 4 is 17.5 Å². The molecule has 0 aliphatic heterocycles. The van der Waals surface area contributed by atoms with E-state index in [1.54, 1.807) is 19.0 Å². The van der Waals surface area contributed by atoms with Crippen LogP contribution in [0.4, 0.5) is 17.5 Å². The maximum absolute atomic E-state index is 11.5. The first-order valence-electron chi connectivity index (χ1n) is 3.86. The van der Waals surface area contributed by atoms with Crippen LogP contribution in [0.1, 0.15) is 0 Å². The summed E-state index contributed by atoms with van der Waals surface area (Å²) in [6.07, 6.45) is 0. The number of nitrogens with two attached hydrogens (primary N) is 1. The van der Waals surface area contributed by atoms with Gasteiger partial charge >= 0.3 is 0 Å². The standard InChI is InChI=1S/C7H11N5O2.H2O/c1-11(2)7-9-5(8)4(10-14)6(13)12(7)3;/h8H2,1-3H3;1H2. The smallest absolute Gasteiger partial charge is 0.286 e. The summed E-state index contributed by atoms with van der Waals surface area (Å²) in [6, 6.07) is 0. The van der Waals surface area contributed by atoms with E-state index in [1.165, 1.54) is 11.6 Å². The molecule has 84 valence electrons. The van der Waals surface area contributed by atoms with E-state index in [0.29, 0.717) is 5.95 Å². The molecule has 0 bridgehead atoms. The van der Waals surface area contributed by atoms with Gasteiger partial charge in [0.05, 0.1) is 0 Å².